The van der Waals surface area contributed by atoms with Crippen molar-refractivity contribution in [2.45, 2.75) is 32.6 Å². The Morgan fingerprint density at radius 1 is 1.18 bits per heavy atom. The number of hydrogen-bond donors (Lipinski definition) is 1. The van der Waals surface area contributed by atoms with Crippen molar-refractivity contribution in [2.75, 3.05) is 32.8 Å². The van der Waals surface area contributed by atoms with Gasteiger partial charge in [0.25, 0.3) is 5.91 Å². The molecule has 1 aromatic carbocycles. The summed E-state index contributed by atoms with van der Waals surface area (Å²) in [5, 5.41) is 2.98. The molecular weight excluding hydrogens is 300 g/mol. The van der Waals surface area contributed by atoms with E-state index in [1.165, 1.54) is 32.5 Å². The summed E-state index contributed by atoms with van der Waals surface area (Å²) in [5.74, 6) is 0.805. The molecule has 0 atom stereocenters. The van der Waals surface area contributed by atoms with Crippen molar-refractivity contribution < 1.29 is 9.53 Å². The zero-order chi connectivity index (χ0) is 14.9. The first-order chi connectivity index (χ1) is 10.3. The van der Waals surface area contributed by atoms with Crippen LogP contribution in [0, 0.1) is 0 Å². The predicted molar refractivity (Wildman–Crippen MR) is 92.1 cm³/mol. The van der Waals surface area contributed by atoms with E-state index in [2.05, 4.69) is 10.2 Å². The second kappa shape index (κ2) is 10.5. The molecule has 1 amide bonds. The van der Waals surface area contributed by atoms with Crippen molar-refractivity contribution in [3.63, 3.8) is 0 Å². The Kier molecular flexibility index (Phi) is 8.94. The molecule has 1 aliphatic heterocycles. The van der Waals surface area contributed by atoms with E-state index in [1.54, 1.807) is 0 Å². The van der Waals surface area contributed by atoms with Gasteiger partial charge in [0.2, 0.25) is 0 Å². The van der Waals surface area contributed by atoms with Crippen LogP contribution in [-0.4, -0.2) is 43.6 Å². The van der Waals surface area contributed by atoms with Crippen molar-refractivity contribution in [3.05, 3.63) is 29.8 Å². The van der Waals surface area contributed by atoms with Gasteiger partial charge >= 0.3 is 0 Å². The highest BCUT2D eigenvalue weighted by Gasteiger charge is 2.10. The Morgan fingerprint density at radius 2 is 1.86 bits per heavy atom. The molecule has 1 fully saturated rings. The normalized spacial score (nSPS) is 14.4. The minimum atomic E-state index is -0.000721. The average molecular weight is 327 g/mol. The highest BCUT2D eigenvalue weighted by molar-refractivity contribution is 5.94. The van der Waals surface area contributed by atoms with E-state index < -0.39 is 0 Å². The van der Waals surface area contributed by atoms with Crippen LogP contribution in [0.1, 0.15) is 43.0 Å². The lowest BCUT2D eigenvalue weighted by Crippen LogP contribution is -2.26. The Hall–Kier alpha value is -1.26. The number of benzene rings is 1. The fourth-order valence-corrected chi connectivity index (χ4v) is 2.64. The standard InChI is InChI=1S/C17H26N2O2.ClH/c1-2-21-16-9-7-15(8-10-16)17(20)18-11-3-4-12-19-13-5-6-14-19;/h7-10H,2-6,11-14H2,1H3,(H,18,20);1H. The SMILES string of the molecule is CCOc1ccc(C(=O)NCCCCN2CCCC2)cc1.Cl. The van der Waals surface area contributed by atoms with Crippen LogP contribution in [-0.2, 0) is 0 Å². The van der Waals surface area contributed by atoms with Crippen molar-refractivity contribution >= 4 is 18.3 Å². The first-order valence-corrected chi connectivity index (χ1v) is 8.03. The van der Waals surface area contributed by atoms with Gasteiger partial charge in [0, 0.05) is 12.1 Å². The highest BCUT2D eigenvalue weighted by atomic mass is 35.5. The molecule has 0 bridgehead atoms. The summed E-state index contributed by atoms with van der Waals surface area (Å²) in [6.45, 7) is 7.00. The second-order valence-corrected chi connectivity index (χ2v) is 5.47. The molecule has 1 aromatic rings. The third-order valence-corrected chi connectivity index (χ3v) is 3.81. The molecule has 0 spiro atoms. The van der Waals surface area contributed by atoms with E-state index in [9.17, 15) is 4.79 Å². The molecule has 0 unspecified atom stereocenters. The summed E-state index contributed by atoms with van der Waals surface area (Å²) in [6, 6.07) is 7.30. The van der Waals surface area contributed by atoms with Crippen LogP contribution in [0.15, 0.2) is 24.3 Å². The lowest BCUT2D eigenvalue weighted by Gasteiger charge is -2.14. The van der Waals surface area contributed by atoms with Crippen LogP contribution in [0.4, 0.5) is 0 Å². The van der Waals surface area contributed by atoms with Gasteiger partial charge in [-0.05, 0) is 76.5 Å². The fraction of sp³-hybridized carbons (Fsp3) is 0.588. The molecule has 0 aliphatic carbocycles. The number of carbonyl (C=O) groups excluding carboxylic acids is 1. The topological polar surface area (TPSA) is 41.6 Å². The molecule has 1 heterocycles. The van der Waals surface area contributed by atoms with Crippen molar-refractivity contribution in [3.8, 4) is 5.75 Å². The smallest absolute Gasteiger partial charge is 0.251 e. The summed E-state index contributed by atoms with van der Waals surface area (Å²) >= 11 is 0. The maximum atomic E-state index is 12.0. The Labute approximate surface area is 139 Å². The van der Waals surface area contributed by atoms with E-state index in [0.717, 1.165) is 25.1 Å². The second-order valence-electron chi connectivity index (χ2n) is 5.47. The average Bonchev–Trinajstić information content (AvgIpc) is 3.01. The van der Waals surface area contributed by atoms with Gasteiger partial charge in [-0.3, -0.25) is 4.79 Å². The number of ether oxygens (including phenoxy) is 1. The Balaban J connectivity index is 0.00000242. The number of amides is 1. The maximum absolute atomic E-state index is 12.0. The van der Waals surface area contributed by atoms with Gasteiger partial charge in [0.05, 0.1) is 6.61 Å². The summed E-state index contributed by atoms with van der Waals surface area (Å²) < 4.78 is 5.37. The van der Waals surface area contributed by atoms with Gasteiger partial charge in [-0.2, -0.15) is 0 Å². The van der Waals surface area contributed by atoms with E-state index in [0.29, 0.717) is 12.2 Å². The van der Waals surface area contributed by atoms with E-state index in [-0.39, 0.29) is 18.3 Å². The van der Waals surface area contributed by atoms with E-state index in [4.69, 9.17) is 4.74 Å². The van der Waals surface area contributed by atoms with Gasteiger partial charge < -0.3 is 15.0 Å². The third kappa shape index (κ3) is 6.24. The first kappa shape index (κ1) is 18.8. The number of nitrogens with one attached hydrogen (secondary N) is 1. The third-order valence-electron chi connectivity index (χ3n) is 3.81. The summed E-state index contributed by atoms with van der Waals surface area (Å²) in [7, 11) is 0. The van der Waals surface area contributed by atoms with Crippen LogP contribution in [0.2, 0.25) is 0 Å². The number of unbranched alkanes of at least 4 members (excludes halogenated alkanes) is 1. The molecule has 5 heteroatoms. The molecule has 1 saturated heterocycles. The number of halogens is 1. The molecule has 4 nitrogen and oxygen atoms in total. The van der Waals surface area contributed by atoms with Crippen LogP contribution < -0.4 is 10.1 Å². The molecule has 1 N–H and O–H groups in total. The molecule has 0 saturated carbocycles. The fourth-order valence-electron chi connectivity index (χ4n) is 2.64. The van der Waals surface area contributed by atoms with Gasteiger partial charge in [0.15, 0.2) is 0 Å². The zero-order valence-corrected chi connectivity index (χ0v) is 14.2. The van der Waals surface area contributed by atoms with Gasteiger partial charge in [-0.25, -0.2) is 0 Å². The summed E-state index contributed by atoms with van der Waals surface area (Å²) in [6.07, 6.45) is 4.88. The molecule has 1 aliphatic rings. The lowest BCUT2D eigenvalue weighted by atomic mass is 10.2. The molecule has 124 valence electrons. The van der Waals surface area contributed by atoms with Crippen LogP contribution >= 0.6 is 12.4 Å². The van der Waals surface area contributed by atoms with E-state index in [1.807, 2.05) is 31.2 Å². The first-order valence-electron chi connectivity index (χ1n) is 8.03. The maximum Gasteiger partial charge on any atom is 0.251 e. The Morgan fingerprint density at radius 3 is 2.50 bits per heavy atom. The molecule has 2 rings (SSSR count). The summed E-state index contributed by atoms with van der Waals surface area (Å²) in [4.78, 5) is 14.5. The monoisotopic (exact) mass is 326 g/mol. The minimum absolute atomic E-state index is 0. The van der Waals surface area contributed by atoms with Gasteiger partial charge in [-0.1, -0.05) is 0 Å². The predicted octanol–water partition coefficient (Wildman–Crippen LogP) is 3.11. The number of hydrogen-bond acceptors (Lipinski definition) is 3. The van der Waals surface area contributed by atoms with Crippen molar-refractivity contribution in [1.82, 2.24) is 10.2 Å². The highest BCUT2D eigenvalue weighted by Crippen LogP contribution is 2.12. The number of carbonyl (C=O) groups is 1. The van der Waals surface area contributed by atoms with E-state index >= 15 is 0 Å². The Bertz CT molecular complexity index is 431. The molecule has 22 heavy (non-hydrogen) atoms. The number of rotatable bonds is 8. The van der Waals surface area contributed by atoms with Crippen molar-refractivity contribution in [2.24, 2.45) is 0 Å². The van der Waals surface area contributed by atoms with Crippen LogP contribution in [0.25, 0.3) is 0 Å². The van der Waals surface area contributed by atoms with Gasteiger partial charge in [0.1, 0.15) is 5.75 Å². The zero-order valence-electron chi connectivity index (χ0n) is 13.3. The number of nitrogens with zero attached hydrogens (tertiary/aromatic N) is 1. The lowest BCUT2D eigenvalue weighted by molar-refractivity contribution is 0.0952. The largest absolute Gasteiger partial charge is 0.494 e. The van der Waals surface area contributed by atoms with Crippen molar-refractivity contribution in [1.29, 1.82) is 0 Å². The minimum Gasteiger partial charge on any atom is -0.494 e. The molecule has 0 aromatic heterocycles. The van der Waals surface area contributed by atoms with Crippen LogP contribution in [0.5, 0.6) is 5.75 Å². The number of likely N-dealkylation sites (tertiary alicyclic amines) is 1. The summed E-state index contributed by atoms with van der Waals surface area (Å²) in [5.41, 5.74) is 0.693. The van der Waals surface area contributed by atoms with Crippen LogP contribution in [0.3, 0.4) is 0 Å². The van der Waals surface area contributed by atoms with Gasteiger partial charge in [-0.15, -0.1) is 12.4 Å². The molecule has 0 radical (unpaired) electrons. The molecular formula is C17H27ClN2O2. The quantitative estimate of drug-likeness (QED) is 0.746.